The third kappa shape index (κ3) is 1.79. The first-order valence-corrected chi connectivity index (χ1v) is 6.53. The lowest BCUT2D eigenvalue weighted by Gasteiger charge is -2.24. The highest BCUT2D eigenvalue weighted by Crippen LogP contribution is 2.48. The van der Waals surface area contributed by atoms with Crippen molar-refractivity contribution >= 4 is 31.9 Å². The Morgan fingerprint density at radius 1 is 0.867 bits per heavy atom. The minimum absolute atomic E-state index is 0.206. The second kappa shape index (κ2) is 3.31. The quantitative estimate of drug-likeness (QED) is 0.668. The molecular formula is C12H14Br2O. The molecule has 0 saturated heterocycles. The van der Waals surface area contributed by atoms with Gasteiger partial charge in [-0.25, -0.2) is 0 Å². The van der Waals surface area contributed by atoms with Crippen LogP contribution in [0.5, 0.6) is 0 Å². The molecule has 0 radical (unpaired) electrons. The molecule has 0 aliphatic carbocycles. The highest BCUT2D eigenvalue weighted by atomic mass is 79.9. The SMILES string of the molecule is CC1(C)OC(C)(C)c2cc(Br)c(Br)cc21. The summed E-state index contributed by atoms with van der Waals surface area (Å²) in [6, 6.07) is 4.29. The van der Waals surface area contributed by atoms with Crippen LogP contribution in [0, 0.1) is 0 Å². The molecule has 0 atom stereocenters. The maximum absolute atomic E-state index is 6.07. The normalized spacial score (nSPS) is 21.5. The third-order valence-corrected chi connectivity index (χ3v) is 4.71. The summed E-state index contributed by atoms with van der Waals surface area (Å²) in [5.41, 5.74) is 2.12. The van der Waals surface area contributed by atoms with Gasteiger partial charge in [0, 0.05) is 8.95 Å². The molecule has 0 spiro atoms. The molecule has 0 aromatic heterocycles. The third-order valence-electron chi connectivity index (χ3n) is 2.87. The van der Waals surface area contributed by atoms with E-state index in [-0.39, 0.29) is 11.2 Å². The molecular weight excluding hydrogens is 320 g/mol. The fourth-order valence-electron chi connectivity index (χ4n) is 2.29. The minimum atomic E-state index is -0.206. The molecule has 1 heterocycles. The zero-order chi connectivity index (χ0) is 11.4. The van der Waals surface area contributed by atoms with Crippen molar-refractivity contribution in [3.05, 3.63) is 32.2 Å². The van der Waals surface area contributed by atoms with Crippen LogP contribution < -0.4 is 0 Å². The number of benzene rings is 1. The Labute approximate surface area is 107 Å². The first-order valence-electron chi connectivity index (χ1n) is 4.94. The van der Waals surface area contributed by atoms with Gasteiger partial charge in [-0.1, -0.05) is 0 Å². The number of halogens is 2. The van der Waals surface area contributed by atoms with Gasteiger partial charge in [0.15, 0.2) is 0 Å². The van der Waals surface area contributed by atoms with E-state index in [9.17, 15) is 0 Å². The van der Waals surface area contributed by atoms with E-state index in [0.29, 0.717) is 0 Å². The van der Waals surface area contributed by atoms with Gasteiger partial charge in [-0.3, -0.25) is 0 Å². The van der Waals surface area contributed by atoms with E-state index < -0.39 is 0 Å². The number of fused-ring (bicyclic) bond motifs is 1. The molecule has 0 saturated carbocycles. The number of hydrogen-bond acceptors (Lipinski definition) is 1. The van der Waals surface area contributed by atoms with Crippen molar-refractivity contribution < 1.29 is 4.74 Å². The van der Waals surface area contributed by atoms with Crippen LogP contribution in [0.1, 0.15) is 38.8 Å². The van der Waals surface area contributed by atoms with Gasteiger partial charge in [0.1, 0.15) is 0 Å². The summed E-state index contributed by atoms with van der Waals surface area (Å²) in [5.74, 6) is 0. The van der Waals surface area contributed by atoms with Crippen LogP contribution in [0.4, 0.5) is 0 Å². The van der Waals surface area contributed by atoms with Gasteiger partial charge in [0.2, 0.25) is 0 Å². The van der Waals surface area contributed by atoms with Gasteiger partial charge < -0.3 is 4.74 Å². The Bertz CT molecular complexity index is 383. The Morgan fingerprint density at radius 2 is 1.20 bits per heavy atom. The van der Waals surface area contributed by atoms with Crippen molar-refractivity contribution in [2.75, 3.05) is 0 Å². The lowest BCUT2D eigenvalue weighted by atomic mass is 9.91. The average Bonchev–Trinajstić information content (AvgIpc) is 2.21. The van der Waals surface area contributed by atoms with Crippen LogP contribution >= 0.6 is 31.9 Å². The van der Waals surface area contributed by atoms with Crippen molar-refractivity contribution in [3.8, 4) is 0 Å². The van der Waals surface area contributed by atoms with E-state index in [1.54, 1.807) is 0 Å². The first kappa shape index (κ1) is 11.6. The van der Waals surface area contributed by atoms with Crippen LogP contribution in [-0.2, 0) is 15.9 Å². The molecule has 1 aliphatic heterocycles. The summed E-state index contributed by atoms with van der Waals surface area (Å²) < 4.78 is 8.23. The van der Waals surface area contributed by atoms with E-state index in [0.717, 1.165) is 8.95 Å². The summed E-state index contributed by atoms with van der Waals surface area (Å²) in [5, 5.41) is 0. The van der Waals surface area contributed by atoms with E-state index in [1.165, 1.54) is 11.1 Å². The molecule has 15 heavy (non-hydrogen) atoms. The van der Waals surface area contributed by atoms with Crippen molar-refractivity contribution in [1.82, 2.24) is 0 Å². The topological polar surface area (TPSA) is 9.23 Å². The Hall–Kier alpha value is 0.140. The summed E-state index contributed by atoms with van der Waals surface area (Å²) in [6.07, 6.45) is 0. The molecule has 1 nitrogen and oxygen atoms in total. The van der Waals surface area contributed by atoms with E-state index in [4.69, 9.17) is 4.74 Å². The molecule has 2 rings (SSSR count). The maximum atomic E-state index is 6.07. The molecule has 0 unspecified atom stereocenters. The fourth-order valence-corrected chi connectivity index (χ4v) is 2.98. The van der Waals surface area contributed by atoms with Gasteiger partial charge in [0.05, 0.1) is 11.2 Å². The van der Waals surface area contributed by atoms with Crippen molar-refractivity contribution in [2.45, 2.75) is 38.9 Å². The van der Waals surface area contributed by atoms with Gasteiger partial charge in [-0.15, -0.1) is 0 Å². The molecule has 3 heteroatoms. The minimum Gasteiger partial charge on any atom is -0.360 e. The standard InChI is InChI=1S/C12H14Br2O/c1-11(2)7-5-9(13)10(14)6-8(7)12(3,4)15-11/h5-6H,1-4H3. The van der Waals surface area contributed by atoms with Crippen LogP contribution in [-0.4, -0.2) is 0 Å². The van der Waals surface area contributed by atoms with E-state index in [2.05, 4.69) is 71.7 Å². The summed E-state index contributed by atoms with van der Waals surface area (Å²) in [7, 11) is 0. The maximum Gasteiger partial charge on any atom is 0.0891 e. The van der Waals surface area contributed by atoms with Crippen LogP contribution in [0.25, 0.3) is 0 Å². The van der Waals surface area contributed by atoms with Crippen LogP contribution in [0.3, 0.4) is 0 Å². The van der Waals surface area contributed by atoms with Crippen LogP contribution in [0.2, 0.25) is 0 Å². The molecule has 1 aromatic carbocycles. The Balaban J connectivity index is 2.71. The predicted octanol–water partition coefficient (Wildman–Crippen LogP) is 4.71. The monoisotopic (exact) mass is 332 g/mol. The molecule has 1 aliphatic rings. The van der Waals surface area contributed by atoms with Crippen molar-refractivity contribution in [1.29, 1.82) is 0 Å². The zero-order valence-electron chi connectivity index (χ0n) is 9.32. The smallest absolute Gasteiger partial charge is 0.0891 e. The lowest BCUT2D eigenvalue weighted by molar-refractivity contribution is -0.105. The predicted molar refractivity (Wildman–Crippen MR) is 69.0 cm³/mol. The second-order valence-electron chi connectivity index (χ2n) is 4.93. The van der Waals surface area contributed by atoms with Gasteiger partial charge in [-0.05, 0) is 82.8 Å². The molecule has 0 N–H and O–H groups in total. The van der Waals surface area contributed by atoms with Gasteiger partial charge >= 0.3 is 0 Å². The fraction of sp³-hybridized carbons (Fsp3) is 0.500. The summed E-state index contributed by atoms with van der Waals surface area (Å²) in [4.78, 5) is 0. The number of hydrogen-bond donors (Lipinski definition) is 0. The van der Waals surface area contributed by atoms with Gasteiger partial charge in [0.25, 0.3) is 0 Å². The highest BCUT2D eigenvalue weighted by molar-refractivity contribution is 9.13. The molecule has 0 fully saturated rings. The summed E-state index contributed by atoms with van der Waals surface area (Å²) >= 11 is 7.07. The van der Waals surface area contributed by atoms with Crippen LogP contribution in [0.15, 0.2) is 21.1 Å². The van der Waals surface area contributed by atoms with Crippen molar-refractivity contribution in [3.63, 3.8) is 0 Å². The van der Waals surface area contributed by atoms with Gasteiger partial charge in [-0.2, -0.15) is 0 Å². The molecule has 82 valence electrons. The average molecular weight is 334 g/mol. The molecule has 0 amide bonds. The zero-order valence-corrected chi connectivity index (χ0v) is 12.5. The highest BCUT2D eigenvalue weighted by Gasteiger charge is 2.43. The largest absolute Gasteiger partial charge is 0.360 e. The Kier molecular flexibility index (Phi) is 2.57. The van der Waals surface area contributed by atoms with E-state index in [1.807, 2.05) is 0 Å². The summed E-state index contributed by atoms with van der Waals surface area (Å²) in [6.45, 7) is 8.45. The number of ether oxygens (including phenoxy) is 1. The Morgan fingerprint density at radius 3 is 1.53 bits per heavy atom. The lowest BCUT2D eigenvalue weighted by Crippen LogP contribution is -2.22. The number of rotatable bonds is 0. The molecule has 1 aromatic rings. The molecule has 0 bridgehead atoms. The first-order chi connectivity index (χ1) is 6.74. The second-order valence-corrected chi connectivity index (χ2v) is 6.64. The van der Waals surface area contributed by atoms with Crippen molar-refractivity contribution in [2.24, 2.45) is 0 Å². The van der Waals surface area contributed by atoms with E-state index >= 15 is 0 Å².